The molecule has 23 heavy (non-hydrogen) atoms. The van der Waals surface area contributed by atoms with E-state index in [0.29, 0.717) is 22.1 Å². The van der Waals surface area contributed by atoms with E-state index >= 15 is 0 Å². The van der Waals surface area contributed by atoms with E-state index in [4.69, 9.17) is 4.74 Å². The van der Waals surface area contributed by atoms with Gasteiger partial charge in [-0.3, -0.25) is 9.59 Å². The molecule has 7 heteroatoms. The van der Waals surface area contributed by atoms with Gasteiger partial charge in [-0.15, -0.1) is 11.3 Å². The minimum atomic E-state index is -0.397. The highest BCUT2D eigenvalue weighted by Crippen LogP contribution is 2.24. The summed E-state index contributed by atoms with van der Waals surface area (Å²) in [7, 11) is 1.52. The Bertz CT molecular complexity index is 768. The molecule has 0 aliphatic heterocycles. The number of allylic oxidation sites excluding steroid dienone is 1. The molecule has 120 valence electrons. The van der Waals surface area contributed by atoms with E-state index in [1.54, 1.807) is 30.5 Å². The number of methoxy groups -OCH3 is 1. The lowest BCUT2D eigenvalue weighted by Gasteiger charge is -2.10. The van der Waals surface area contributed by atoms with E-state index in [0.717, 1.165) is 5.70 Å². The lowest BCUT2D eigenvalue weighted by molar-refractivity contribution is 0.101. The van der Waals surface area contributed by atoms with Crippen molar-refractivity contribution in [2.45, 2.75) is 13.8 Å². The quantitative estimate of drug-likeness (QED) is 0.791. The average molecular weight is 331 g/mol. The fraction of sp³-hybridized carbons (Fsp3) is 0.188. The van der Waals surface area contributed by atoms with Gasteiger partial charge in [0.15, 0.2) is 10.9 Å². The lowest BCUT2D eigenvalue weighted by Crippen LogP contribution is -2.15. The maximum Gasteiger partial charge on any atom is 0.275 e. The number of Topliss-reactive ketones (excluding diaryl/α,β-unsaturated/α-hetero) is 1. The van der Waals surface area contributed by atoms with Gasteiger partial charge in [0.05, 0.1) is 12.8 Å². The minimum Gasteiger partial charge on any atom is -0.497 e. The largest absolute Gasteiger partial charge is 0.497 e. The summed E-state index contributed by atoms with van der Waals surface area (Å²) in [4.78, 5) is 28.2. The fourth-order valence-corrected chi connectivity index (χ4v) is 2.63. The SMILES string of the molecule is C=C(C)Nc1nc(C(=O)Nc2cc(OC)ccc2C(C)=O)cs1. The number of ketones is 1. The van der Waals surface area contributed by atoms with Crippen molar-refractivity contribution in [1.82, 2.24) is 4.98 Å². The number of carbonyl (C=O) groups excluding carboxylic acids is 2. The van der Waals surface area contributed by atoms with Crippen molar-refractivity contribution in [1.29, 1.82) is 0 Å². The Morgan fingerprint density at radius 2 is 2.00 bits per heavy atom. The topological polar surface area (TPSA) is 80.3 Å². The molecule has 0 fully saturated rings. The number of benzene rings is 1. The molecule has 2 N–H and O–H groups in total. The van der Waals surface area contributed by atoms with Crippen LogP contribution in [0.4, 0.5) is 10.8 Å². The minimum absolute atomic E-state index is 0.147. The zero-order chi connectivity index (χ0) is 17.0. The van der Waals surface area contributed by atoms with Gasteiger partial charge in [0.1, 0.15) is 11.4 Å². The van der Waals surface area contributed by atoms with E-state index in [-0.39, 0.29) is 11.5 Å². The Morgan fingerprint density at radius 3 is 2.61 bits per heavy atom. The molecule has 0 aliphatic carbocycles. The number of nitrogens with zero attached hydrogens (tertiary/aromatic N) is 1. The van der Waals surface area contributed by atoms with Crippen LogP contribution in [0.15, 0.2) is 35.9 Å². The number of carbonyl (C=O) groups is 2. The summed E-state index contributed by atoms with van der Waals surface area (Å²) in [5.41, 5.74) is 1.80. The number of rotatable bonds is 6. The normalized spacial score (nSPS) is 10.0. The Kier molecular flexibility index (Phi) is 5.13. The first-order valence-corrected chi connectivity index (χ1v) is 7.67. The average Bonchev–Trinajstić information content (AvgIpc) is 2.94. The molecule has 1 aromatic heterocycles. The summed E-state index contributed by atoms with van der Waals surface area (Å²) in [5.74, 6) is 0.00542. The van der Waals surface area contributed by atoms with E-state index in [1.165, 1.54) is 25.4 Å². The molecule has 1 amide bonds. The van der Waals surface area contributed by atoms with Crippen molar-refractivity contribution in [3.63, 3.8) is 0 Å². The molecule has 6 nitrogen and oxygen atoms in total. The van der Waals surface area contributed by atoms with Gasteiger partial charge in [-0.1, -0.05) is 6.58 Å². The third-order valence-corrected chi connectivity index (χ3v) is 3.67. The zero-order valence-corrected chi connectivity index (χ0v) is 13.9. The molecule has 2 rings (SSSR count). The van der Waals surface area contributed by atoms with Crippen LogP contribution in [0, 0.1) is 0 Å². The molecule has 0 saturated carbocycles. The molecule has 0 spiro atoms. The van der Waals surface area contributed by atoms with E-state index in [2.05, 4.69) is 22.2 Å². The Balaban J connectivity index is 2.24. The highest BCUT2D eigenvalue weighted by Gasteiger charge is 2.15. The van der Waals surface area contributed by atoms with Crippen molar-refractivity contribution < 1.29 is 14.3 Å². The third kappa shape index (κ3) is 4.17. The Hall–Kier alpha value is -2.67. The third-order valence-electron chi connectivity index (χ3n) is 2.91. The van der Waals surface area contributed by atoms with E-state index in [1.807, 2.05) is 0 Å². The molecule has 2 aromatic rings. The summed E-state index contributed by atoms with van der Waals surface area (Å²) in [5, 5.41) is 7.87. The van der Waals surface area contributed by atoms with Gasteiger partial charge in [0, 0.05) is 22.7 Å². The Morgan fingerprint density at radius 1 is 1.26 bits per heavy atom. The second kappa shape index (κ2) is 7.06. The van der Waals surface area contributed by atoms with Crippen LogP contribution >= 0.6 is 11.3 Å². The molecule has 0 atom stereocenters. The first-order valence-electron chi connectivity index (χ1n) is 6.79. The number of hydrogen-bond donors (Lipinski definition) is 2. The van der Waals surface area contributed by atoms with Crippen LogP contribution in [-0.4, -0.2) is 23.8 Å². The van der Waals surface area contributed by atoms with Gasteiger partial charge in [-0.2, -0.15) is 0 Å². The molecule has 1 aromatic carbocycles. The molecular weight excluding hydrogens is 314 g/mol. The monoisotopic (exact) mass is 331 g/mol. The van der Waals surface area contributed by atoms with Crippen LogP contribution in [0.5, 0.6) is 5.75 Å². The van der Waals surface area contributed by atoms with Crippen molar-refractivity contribution >= 4 is 33.8 Å². The van der Waals surface area contributed by atoms with E-state index < -0.39 is 5.91 Å². The smallest absolute Gasteiger partial charge is 0.275 e. The Labute approximate surface area is 138 Å². The maximum absolute atomic E-state index is 12.3. The van der Waals surface area contributed by atoms with Gasteiger partial charge < -0.3 is 15.4 Å². The molecular formula is C16H17N3O3S. The lowest BCUT2D eigenvalue weighted by atomic mass is 10.1. The molecule has 0 radical (unpaired) electrons. The summed E-state index contributed by atoms with van der Waals surface area (Å²) >= 11 is 1.30. The number of anilines is 2. The maximum atomic E-state index is 12.3. The summed E-state index contributed by atoms with van der Waals surface area (Å²) in [6.07, 6.45) is 0. The van der Waals surface area contributed by atoms with Crippen LogP contribution in [0.25, 0.3) is 0 Å². The summed E-state index contributed by atoms with van der Waals surface area (Å²) in [6, 6.07) is 4.89. The first-order chi connectivity index (χ1) is 10.9. The highest BCUT2D eigenvalue weighted by molar-refractivity contribution is 7.13. The zero-order valence-electron chi connectivity index (χ0n) is 13.1. The van der Waals surface area contributed by atoms with Gasteiger partial charge in [0.25, 0.3) is 5.91 Å². The molecule has 0 unspecified atom stereocenters. The van der Waals surface area contributed by atoms with Gasteiger partial charge in [-0.05, 0) is 26.0 Å². The van der Waals surface area contributed by atoms with Crippen LogP contribution in [0.1, 0.15) is 34.7 Å². The number of ether oxygens (including phenoxy) is 1. The standard InChI is InChI=1S/C16H17N3O3S/c1-9(2)17-16-19-14(8-23-16)15(21)18-13-7-11(22-4)5-6-12(13)10(3)20/h5-8H,1H2,2-4H3,(H,17,19)(H,18,21). The second-order valence-electron chi connectivity index (χ2n) is 4.87. The molecule has 1 heterocycles. The summed E-state index contributed by atoms with van der Waals surface area (Å²) < 4.78 is 5.13. The van der Waals surface area contributed by atoms with E-state index in [9.17, 15) is 9.59 Å². The first kappa shape index (κ1) is 16.7. The van der Waals surface area contributed by atoms with Crippen LogP contribution in [-0.2, 0) is 0 Å². The molecule has 0 aliphatic rings. The van der Waals surface area contributed by atoms with Crippen LogP contribution in [0.2, 0.25) is 0 Å². The van der Waals surface area contributed by atoms with Crippen LogP contribution in [0.3, 0.4) is 0 Å². The number of nitrogens with one attached hydrogen (secondary N) is 2. The van der Waals surface area contributed by atoms with Crippen molar-refractivity contribution in [2.24, 2.45) is 0 Å². The van der Waals surface area contributed by atoms with Gasteiger partial charge >= 0.3 is 0 Å². The van der Waals surface area contributed by atoms with Crippen molar-refractivity contribution in [3.8, 4) is 5.75 Å². The number of amides is 1. The van der Waals surface area contributed by atoms with Crippen LogP contribution < -0.4 is 15.4 Å². The summed E-state index contributed by atoms with van der Waals surface area (Å²) in [6.45, 7) is 6.97. The highest BCUT2D eigenvalue weighted by atomic mass is 32.1. The predicted molar refractivity (Wildman–Crippen MR) is 91.5 cm³/mol. The van der Waals surface area contributed by atoms with Gasteiger partial charge in [-0.25, -0.2) is 4.98 Å². The molecule has 0 saturated heterocycles. The second-order valence-corrected chi connectivity index (χ2v) is 5.72. The number of hydrogen-bond acceptors (Lipinski definition) is 6. The number of thiazole rings is 1. The predicted octanol–water partition coefficient (Wildman–Crippen LogP) is 3.55. The van der Waals surface area contributed by atoms with Crippen molar-refractivity contribution in [2.75, 3.05) is 17.7 Å². The fourth-order valence-electron chi connectivity index (χ4n) is 1.87. The number of aromatic nitrogens is 1. The van der Waals surface area contributed by atoms with Gasteiger partial charge in [0.2, 0.25) is 0 Å². The molecule has 0 bridgehead atoms. The van der Waals surface area contributed by atoms with Crippen molar-refractivity contribution in [3.05, 3.63) is 47.1 Å².